The summed E-state index contributed by atoms with van der Waals surface area (Å²) in [5.41, 5.74) is 2.79. The molecule has 138 valence electrons. The molecule has 1 aliphatic heterocycles. The Morgan fingerprint density at radius 3 is 2.50 bits per heavy atom. The lowest BCUT2D eigenvalue weighted by molar-refractivity contribution is -0.120. The number of carbonyl (C=O) groups excluding carboxylic acids is 1. The number of halogens is 1. The summed E-state index contributed by atoms with van der Waals surface area (Å²) < 4.78 is 0.891. The van der Waals surface area contributed by atoms with E-state index in [-0.39, 0.29) is 11.9 Å². The number of anilines is 2. The highest BCUT2D eigenvalue weighted by Crippen LogP contribution is 2.28. The normalized spacial score (nSPS) is 16.3. The number of aryl methyl sites for hydroxylation is 1. The number of carbonyl (C=O) groups is 1. The van der Waals surface area contributed by atoms with Gasteiger partial charge in [0.25, 0.3) is 0 Å². The molecule has 0 radical (unpaired) electrons. The van der Waals surface area contributed by atoms with Crippen molar-refractivity contribution >= 4 is 33.2 Å². The molecule has 0 bridgehead atoms. The fourth-order valence-electron chi connectivity index (χ4n) is 3.21. The maximum atomic E-state index is 12.6. The van der Waals surface area contributed by atoms with E-state index >= 15 is 0 Å². The number of nitrogens with zero attached hydrogens (tertiary/aromatic N) is 2. The minimum Gasteiger partial charge on any atom is -0.506 e. The van der Waals surface area contributed by atoms with E-state index in [1.165, 1.54) is 0 Å². The van der Waals surface area contributed by atoms with Gasteiger partial charge in [0.15, 0.2) is 0 Å². The summed E-state index contributed by atoms with van der Waals surface area (Å²) in [4.78, 5) is 17.0. The minimum atomic E-state index is -0.213. The monoisotopic (exact) mass is 417 g/mol. The van der Waals surface area contributed by atoms with E-state index < -0.39 is 0 Å². The van der Waals surface area contributed by atoms with Crippen LogP contribution in [-0.2, 0) is 4.79 Å². The second-order valence-electron chi connectivity index (χ2n) is 6.66. The number of hydrogen-bond donors (Lipinski definition) is 2. The third-order valence-corrected chi connectivity index (χ3v) is 5.50. The van der Waals surface area contributed by atoms with Gasteiger partial charge < -0.3 is 15.3 Å². The van der Waals surface area contributed by atoms with E-state index in [9.17, 15) is 9.90 Å². The highest BCUT2D eigenvalue weighted by atomic mass is 79.9. The van der Waals surface area contributed by atoms with Crippen LogP contribution in [0, 0.1) is 6.92 Å². The van der Waals surface area contributed by atoms with Crippen molar-refractivity contribution in [3.05, 3.63) is 52.5 Å². The Bertz CT molecular complexity index is 788. The number of phenolic OH excluding ortho intramolecular Hbond substituents is 1. The van der Waals surface area contributed by atoms with E-state index in [1.807, 2.05) is 50.2 Å². The molecule has 0 spiro atoms. The fourth-order valence-corrected chi connectivity index (χ4v) is 3.80. The minimum absolute atomic E-state index is 0.00874. The second-order valence-corrected chi connectivity index (χ2v) is 7.51. The predicted octanol–water partition coefficient (Wildman–Crippen LogP) is 3.61. The molecular weight excluding hydrogens is 394 g/mol. The average Bonchev–Trinajstić information content (AvgIpc) is 2.64. The molecule has 6 heteroatoms. The first-order chi connectivity index (χ1) is 12.5. The summed E-state index contributed by atoms with van der Waals surface area (Å²) in [6.07, 6.45) is 0. The maximum absolute atomic E-state index is 12.6. The largest absolute Gasteiger partial charge is 0.506 e. The number of amides is 1. The van der Waals surface area contributed by atoms with Gasteiger partial charge in [-0.2, -0.15) is 0 Å². The molecule has 26 heavy (non-hydrogen) atoms. The lowest BCUT2D eigenvalue weighted by Crippen LogP contribution is -2.52. The molecule has 1 amide bonds. The molecule has 1 fully saturated rings. The first kappa shape index (κ1) is 18.7. The molecule has 1 saturated heterocycles. The standard InChI is InChI=1S/C20H24BrN3O2/c1-14-7-8-17(16(21)13-14)22-20(26)15(2)23-9-11-24(12-10-23)18-5-3-4-6-19(18)25/h3-8,13,15,25H,9-12H2,1-2H3,(H,22,26)/t15-/m0/s1. The first-order valence-electron chi connectivity index (χ1n) is 8.79. The topological polar surface area (TPSA) is 55.8 Å². The van der Waals surface area contributed by atoms with Crippen LogP contribution in [0.15, 0.2) is 46.9 Å². The van der Waals surface area contributed by atoms with E-state index in [0.29, 0.717) is 5.75 Å². The second kappa shape index (κ2) is 8.10. The van der Waals surface area contributed by atoms with Crippen molar-refractivity contribution in [3.63, 3.8) is 0 Å². The SMILES string of the molecule is Cc1ccc(NC(=O)[C@H](C)N2CCN(c3ccccc3O)CC2)c(Br)c1. The number of aromatic hydroxyl groups is 1. The molecule has 2 N–H and O–H groups in total. The van der Waals surface area contributed by atoms with Crippen LogP contribution in [0.1, 0.15) is 12.5 Å². The Labute approximate surface area is 162 Å². The molecule has 0 aromatic heterocycles. The van der Waals surface area contributed by atoms with Crippen LogP contribution >= 0.6 is 15.9 Å². The molecule has 1 aliphatic rings. The van der Waals surface area contributed by atoms with Gasteiger partial charge in [-0.05, 0) is 59.6 Å². The molecule has 0 aliphatic carbocycles. The van der Waals surface area contributed by atoms with Crippen molar-refractivity contribution in [2.24, 2.45) is 0 Å². The van der Waals surface area contributed by atoms with Crippen LogP contribution in [0.3, 0.4) is 0 Å². The van der Waals surface area contributed by atoms with Gasteiger partial charge in [-0.25, -0.2) is 0 Å². The van der Waals surface area contributed by atoms with Crippen molar-refractivity contribution in [1.82, 2.24) is 4.90 Å². The van der Waals surface area contributed by atoms with Crippen molar-refractivity contribution < 1.29 is 9.90 Å². The molecule has 2 aromatic carbocycles. The number of nitrogens with one attached hydrogen (secondary N) is 1. The summed E-state index contributed by atoms with van der Waals surface area (Å²) in [5, 5.41) is 13.0. The summed E-state index contributed by atoms with van der Waals surface area (Å²) >= 11 is 3.50. The van der Waals surface area contributed by atoms with Crippen LogP contribution in [0.5, 0.6) is 5.75 Å². The Morgan fingerprint density at radius 2 is 1.85 bits per heavy atom. The third-order valence-electron chi connectivity index (χ3n) is 4.85. The van der Waals surface area contributed by atoms with Gasteiger partial charge >= 0.3 is 0 Å². The van der Waals surface area contributed by atoms with Gasteiger partial charge in [0.1, 0.15) is 5.75 Å². The lowest BCUT2D eigenvalue weighted by atomic mass is 10.1. The van der Waals surface area contributed by atoms with Crippen molar-refractivity contribution in [2.45, 2.75) is 19.9 Å². The van der Waals surface area contributed by atoms with Crippen LogP contribution < -0.4 is 10.2 Å². The van der Waals surface area contributed by atoms with E-state index in [0.717, 1.165) is 47.6 Å². The van der Waals surface area contributed by atoms with Gasteiger partial charge in [-0.1, -0.05) is 18.2 Å². The van der Waals surface area contributed by atoms with E-state index in [1.54, 1.807) is 6.07 Å². The van der Waals surface area contributed by atoms with Gasteiger partial charge in [-0.15, -0.1) is 0 Å². The molecule has 5 nitrogen and oxygen atoms in total. The number of piperazine rings is 1. The molecule has 0 saturated carbocycles. The van der Waals surface area contributed by atoms with Crippen molar-refractivity contribution in [1.29, 1.82) is 0 Å². The highest BCUT2D eigenvalue weighted by molar-refractivity contribution is 9.10. The Balaban J connectivity index is 1.58. The summed E-state index contributed by atoms with van der Waals surface area (Å²) in [6.45, 7) is 7.07. The molecule has 0 unspecified atom stereocenters. The quantitative estimate of drug-likeness (QED) is 0.797. The Hall–Kier alpha value is -2.05. The van der Waals surface area contributed by atoms with Gasteiger partial charge in [0.05, 0.1) is 17.4 Å². The number of hydrogen-bond acceptors (Lipinski definition) is 4. The lowest BCUT2D eigenvalue weighted by Gasteiger charge is -2.38. The summed E-state index contributed by atoms with van der Waals surface area (Å²) in [5.74, 6) is 0.293. The van der Waals surface area contributed by atoms with E-state index in [4.69, 9.17) is 0 Å². The first-order valence-corrected chi connectivity index (χ1v) is 9.59. The van der Waals surface area contributed by atoms with Crippen molar-refractivity contribution in [2.75, 3.05) is 36.4 Å². The Kier molecular flexibility index (Phi) is 5.84. The van der Waals surface area contributed by atoms with Crippen LogP contribution in [0.2, 0.25) is 0 Å². The van der Waals surface area contributed by atoms with Gasteiger partial charge in [0, 0.05) is 30.7 Å². The Morgan fingerprint density at radius 1 is 1.15 bits per heavy atom. The highest BCUT2D eigenvalue weighted by Gasteiger charge is 2.26. The van der Waals surface area contributed by atoms with Crippen molar-refractivity contribution in [3.8, 4) is 5.75 Å². The number of benzene rings is 2. The number of phenols is 1. The predicted molar refractivity (Wildman–Crippen MR) is 109 cm³/mol. The smallest absolute Gasteiger partial charge is 0.241 e. The van der Waals surface area contributed by atoms with Crippen LogP contribution in [0.25, 0.3) is 0 Å². The number of para-hydroxylation sites is 2. The zero-order valence-electron chi connectivity index (χ0n) is 15.1. The third kappa shape index (κ3) is 4.19. The van der Waals surface area contributed by atoms with Crippen LogP contribution in [-0.4, -0.2) is 48.1 Å². The molecular formula is C20H24BrN3O2. The number of rotatable bonds is 4. The van der Waals surface area contributed by atoms with Crippen LogP contribution in [0.4, 0.5) is 11.4 Å². The molecule has 1 heterocycles. The van der Waals surface area contributed by atoms with Gasteiger partial charge in [0.2, 0.25) is 5.91 Å². The summed E-state index contributed by atoms with van der Waals surface area (Å²) in [7, 11) is 0. The van der Waals surface area contributed by atoms with Gasteiger partial charge in [-0.3, -0.25) is 9.69 Å². The fraction of sp³-hybridized carbons (Fsp3) is 0.350. The molecule has 3 rings (SSSR count). The maximum Gasteiger partial charge on any atom is 0.241 e. The van der Waals surface area contributed by atoms with E-state index in [2.05, 4.69) is 31.0 Å². The zero-order valence-corrected chi connectivity index (χ0v) is 16.7. The zero-order chi connectivity index (χ0) is 18.7. The average molecular weight is 418 g/mol. The summed E-state index contributed by atoms with van der Waals surface area (Å²) in [6, 6.07) is 13.1. The molecule has 2 aromatic rings. The molecule has 1 atom stereocenters.